The van der Waals surface area contributed by atoms with E-state index in [0.29, 0.717) is 12.0 Å². The minimum atomic E-state index is -0.817. The fraction of sp³-hybridized carbons (Fsp3) is 0.533. The van der Waals surface area contributed by atoms with Gasteiger partial charge in [-0.15, -0.1) is 0 Å². The van der Waals surface area contributed by atoms with Crippen LogP contribution in [0, 0.1) is 12.8 Å². The SMILES string of the molecule is Cc1cnc2c(c1)nc(SCC(=O)O)n2C1CCC(C)C1. The number of nitrogens with zero attached hydrogens (tertiary/aromatic N) is 3. The number of carboxylic acid groups (broad SMARTS) is 1. The van der Waals surface area contributed by atoms with Crippen LogP contribution >= 0.6 is 11.8 Å². The summed E-state index contributed by atoms with van der Waals surface area (Å²) in [5.41, 5.74) is 2.82. The monoisotopic (exact) mass is 305 g/mol. The van der Waals surface area contributed by atoms with Crippen molar-refractivity contribution < 1.29 is 9.90 Å². The summed E-state index contributed by atoms with van der Waals surface area (Å²) >= 11 is 1.29. The molecular formula is C15H19N3O2S. The van der Waals surface area contributed by atoms with Crippen molar-refractivity contribution in [3.63, 3.8) is 0 Å². The molecule has 2 aromatic rings. The van der Waals surface area contributed by atoms with Crippen molar-refractivity contribution in [1.82, 2.24) is 14.5 Å². The van der Waals surface area contributed by atoms with Crippen LogP contribution in [-0.4, -0.2) is 31.4 Å². The molecule has 5 nitrogen and oxygen atoms in total. The molecule has 1 saturated carbocycles. The molecule has 1 aliphatic carbocycles. The third-order valence-electron chi connectivity index (χ3n) is 3.99. The molecule has 1 N–H and O–H groups in total. The quantitative estimate of drug-likeness (QED) is 0.878. The van der Waals surface area contributed by atoms with Crippen LogP contribution in [0.4, 0.5) is 0 Å². The molecular weight excluding hydrogens is 286 g/mol. The molecule has 0 aromatic carbocycles. The normalized spacial score (nSPS) is 22.0. The number of rotatable bonds is 4. The number of fused-ring (bicyclic) bond motifs is 1. The summed E-state index contributed by atoms with van der Waals surface area (Å²) in [7, 11) is 0. The van der Waals surface area contributed by atoms with Crippen LogP contribution in [0.15, 0.2) is 17.4 Å². The zero-order valence-corrected chi connectivity index (χ0v) is 13.1. The lowest BCUT2D eigenvalue weighted by Gasteiger charge is -2.15. The molecule has 0 radical (unpaired) electrons. The van der Waals surface area contributed by atoms with E-state index < -0.39 is 5.97 Å². The van der Waals surface area contributed by atoms with Crippen LogP contribution in [0.25, 0.3) is 11.2 Å². The maximum absolute atomic E-state index is 10.9. The Balaban J connectivity index is 2.04. The molecule has 0 bridgehead atoms. The predicted octanol–water partition coefficient (Wildman–Crippen LogP) is 3.28. The Bertz CT molecular complexity index is 683. The van der Waals surface area contributed by atoms with Gasteiger partial charge in [0, 0.05) is 12.2 Å². The van der Waals surface area contributed by atoms with E-state index in [1.807, 2.05) is 19.2 Å². The first-order chi connectivity index (χ1) is 10.0. The van der Waals surface area contributed by atoms with Crippen molar-refractivity contribution in [2.75, 3.05) is 5.75 Å². The Morgan fingerprint density at radius 3 is 3.00 bits per heavy atom. The van der Waals surface area contributed by atoms with Gasteiger partial charge in [0.05, 0.1) is 5.75 Å². The molecule has 0 amide bonds. The lowest BCUT2D eigenvalue weighted by Crippen LogP contribution is -2.09. The van der Waals surface area contributed by atoms with E-state index in [1.165, 1.54) is 18.2 Å². The number of pyridine rings is 1. The van der Waals surface area contributed by atoms with Gasteiger partial charge in [0.25, 0.3) is 0 Å². The summed E-state index contributed by atoms with van der Waals surface area (Å²) in [6.45, 7) is 4.26. The Morgan fingerprint density at radius 1 is 1.52 bits per heavy atom. The van der Waals surface area contributed by atoms with Gasteiger partial charge in [-0.05, 0) is 43.7 Å². The molecule has 1 fully saturated rings. The van der Waals surface area contributed by atoms with Crippen molar-refractivity contribution in [3.8, 4) is 0 Å². The Kier molecular flexibility index (Phi) is 3.89. The molecule has 2 atom stereocenters. The van der Waals surface area contributed by atoms with E-state index in [1.54, 1.807) is 0 Å². The molecule has 2 unspecified atom stereocenters. The molecule has 0 spiro atoms. The van der Waals surface area contributed by atoms with E-state index >= 15 is 0 Å². The first-order valence-electron chi connectivity index (χ1n) is 7.23. The van der Waals surface area contributed by atoms with E-state index in [2.05, 4.69) is 21.5 Å². The zero-order chi connectivity index (χ0) is 15.0. The maximum Gasteiger partial charge on any atom is 0.313 e. The summed E-state index contributed by atoms with van der Waals surface area (Å²) in [4.78, 5) is 20.0. The first-order valence-corrected chi connectivity index (χ1v) is 8.22. The van der Waals surface area contributed by atoms with E-state index in [4.69, 9.17) is 5.11 Å². The van der Waals surface area contributed by atoms with Gasteiger partial charge in [-0.1, -0.05) is 18.7 Å². The largest absolute Gasteiger partial charge is 0.481 e. The number of aryl methyl sites for hydroxylation is 1. The van der Waals surface area contributed by atoms with Crippen LogP contribution in [0.3, 0.4) is 0 Å². The number of aliphatic carboxylic acids is 1. The van der Waals surface area contributed by atoms with Gasteiger partial charge in [0.2, 0.25) is 0 Å². The van der Waals surface area contributed by atoms with Crippen molar-refractivity contribution in [2.24, 2.45) is 5.92 Å². The number of imidazole rings is 1. The van der Waals surface area contributed by atoms with E-state index in [-0.39, 0.29) is 5.75 Å². The van der Waals surface area contributed by atoms with Crippen molar-refractivity contribution in [2.45, 2.75) is 44.3 Å². The molecule has 6 heteroatoms. The van der Waals surface area contributed by atoms with Gasteiger partial charge >= 0.3 is 5.97 Å². The molecule has 2 aromatic heterocycles. The van der Waals surface area contributed by atoms with Crippen molar-refractivity contribution in [1.29, 1.82) is 0 Å². The molecule has 1 aliphatic rings. The number of thioether (sulfide) groups is 1. The highest BCUT2D eigenvalue weighted by Crippen LogP contribution is 2.38. The van der Waals surface area contributed by atoms with Gasteiger partial charge in [-0.2, -0.15) is 0 Å². The van der Waals surface area contributed by atoms with Crippen LogP contribution < -0.4 is 0 Å². The molecule has 21 heavy (non-hydrogen) atoms. The molecule has 0 saturated heterocycles. The zero-order valence-electron chi connectivity index (χ0n) is 12.2. The smallest absolute Gasteiger partial charge is 0.313 e. The van der Waals surface area contributed by atoms with E-state index in [9.17, 15) is 4.79 Å². The van der Waals surface area contributed by atoms with Gasteiger partial charge in [0.1, 0.15) is 5.52 Å². The Hall–Kier alpha value is -1.56. The van der Waals surface area contributed by atoms with Gasteiger partial charge < -0.3 is 9.67 Å². The van der Waals surface area contributed by atoms with Crippen LogP contribution in [-0.2, 0) is 4.79 Å². The lowest BCUT2D eigenvalue weighted by atomic mass is 10.1. The predicted molar refractivity (Wildman–Crippen MR) is 82.7 cm³/mol. The number of aromatic nitrogens is 3. The fourth-order valence-corrected chi connectivity index (χ4v) is 3.82. The molecule has 0 aliphatic heterocycles. The van der Waals surface area contributed by atoms with Gasteiger partial charge in [0.15, 0.2) is 10.8 Å². The van der Waals surface area contributed by atoms with Crippen LogP contribution in [0.5, 0.6) is 0 Å². The van der Waals surface area contributed by atoms with Crippen molar-refractivity contribution >= 4 is 28.9 Å². The minimum absolute atomic E-state index is 0.0323. The number of carboxylic acids is 1. The fourth-order valence-electron chi connectivity index (χ4n) is 3.03. The summed E-state index contributed by atoms with van der Waals surface area (Å²) in [5.74, 6) is -0.0809. The third-order valence-corrected chi connectivity index (χ3v) is 4.93. The number of carbonyl (C=O) groups is 1. The summed E-state index contributed by atoms with van der Waals surface area (Å²) in [6, 6.07) is 2.40. The number of hydrogen-bond donors (Lipinski definition) is 1. The summed E-state index contributed by atoms with van der Waals surface area (Å²) in [6.07, 6.45) is 5.29. The first kappa shape index (κ1) is 14.4. The van der Waals surface area contributed by atoms with Crippen molar-refractivity contribution in [3.05, 3.63) is 17.8 Å². The second kappa shape index (κ2) is 5.67. The molecule has 3 rings (SSSR count). The van der Waals surface area contributed by atoms with Gasteiger partial charge in [-0.25, -0.2) is 9.97 Å². The Morgan fingerprint density at radius 2 is 2.33 bits per heavy atom. The standard InChI is InChI=1S/C15H19N3O2S/c1-9-3-4-11(5-9)18-14-12(6-10(2)7-16-14)17-15(18)21-8-13(19)20/h6-7,9,11H,3-5,8H2,1-2H3,(H,19,20). The molecule has 2 heterocycles. The van der Waals surface area contributed by atoms with Gasteiger partial charge in [-0.3, -0.25) is 4.79 Å². The summed E-state index contributed by atoms with van der Waals surface area (Å²) < 4.78 is 2.16. The average molecular weight is 305 g/mol. The second-order valence-electron chi connectivity index (χ2n) is 5.87. The third kappa shape index (κ3) is 2.90. The number of hydrogen-bond acceptors (Lipinski definition) is 4. The second-order valence-corrected chi connectivity index (χ2v) is 6.82. The molecule has 112 valence electrons. The van der Waals surface area contributed by atoms with E-state index in [0.717, 1.165) is 34.7 Å². The minimum Gasteiger partial charge on any atom is -0.481 e. The maximum atomic E-state index is 10.9. The highest BCUT2D eigenvalue weighted by atomic mass is 32.2. The lowest BCUT2D eigenvalue weighted by molar-refractivity contribution is -0.133. The topological polar surface area (TPSA) is 68.0 Å². The summed E-state index contributed by atoms with van der Waals surface area (Å²) in [5, 5.41) is 9.70. The van der Waals surface area contributed by atoms with Crippen LogP contribution in [0.1, 0.15) is 37.8 Å². The van der Waals surface area contributed by atoms with Crippen LogP contribution in [0.2, 0.25) is 0 Å². The average Bonchev–Trinajstić information content (AvgIpc) is 2.98. The highest BCUT2D eigenvalue weighted by molar-refractivity contribution is 7.99. The Labute approximate surface area is 127 Å². The highest BCUT2D eigenvalue weighted by Gasteiger charge is 2.27.